The molecule has 6 heteroatoms. The molecule has 1 amide bonds. The Morgan fingerprint density at radius 1 is 1.55 bits per heavy atom. The summed E-state index contributed by atoms with van der Waals surface area (Å²) in [6.07, 6.45) is 0. The number of nitrogens with zero attached hydrogens (tertiary/aromatic N) is 3. The predicted octanol–water partition coefficient (Wildman–Crippen LogP) is 1.26. The molecule has 6 nitrogen and oxygen atoms in total. The summed E-state index contributed by atoms with van der Waals surface area (Å²) in [5.74, 6) is 0.231. The zero-order valence-corrected chi connectivity index (χ0v) is 11.8. The number of imidazole rings is 1. The van der Waals surface area contributed by atoms with Crippen LogP contribution in [0.25, 0.3) is 11.0 Å². The number of nitriles is 1. The van der Waals surface area contributed by atoms with E-state index in [4.69, 9.17) is 11.0 Å². The number of carbonyl (C=O) groups excluding carboxylic acids is 1. The third kappa shape index (κ3) is 2.18. The number of nitrogen functional groups attached to an aromatic ring is 1. The second-order valence-corrected chi connectivity index (χ2v) is 5.30. The first-order chi connectivity index (χ1) is 9.40. The van der Waals surface area contributed by atoms with Crippen LogP contribution in [0.1, 0.15) is 19.4 Å². The number of nitrogens with one attached hydrogen (secondary N) is 1. The smallest absolute Gasteiger partial charge is 0.227 e. The maximum Gasteiger partial charge on any atom is 0.227 e. The second kappa shape index (κ2) is 4.85. The number of aromatic nitrogens is 2. The Bertz CT molecular complexity index is 708. The maximum atomic E-state index is 11.9. The number of anilines is 1. The molecule has 0 radical (unpaired) electrons. The average Bonchev–Trinajstić information content (AvgIpc) is 2.73. The lowest BCUT2D eigenvalue weighted by atomic mass is 9.92. The quantitative estimate of drug-likeness (QED) is 0.878. The van der Waals surface area contributed by atoms with Crippen molar-refractivity contribution in [1.82, 2.24) is 14.9 Å². The molecule has 0 aliphatic rings. The van der Waals surface area contributed by atoms with Gasteiger partial charge in [0.2, 0.25) is 11.9 Å². The summed E-state index contributed by atoms with van der Waals surface area (Å²) in [6.45, 7) is 4.07. The standard InChI is InChI=1S/C14H17N5O/c1-14(2,12(20)17-3)8-19-10-6-4-5-9(7-15)11(10)18-13(19)16/h4-6H,8H2,1-3H3,(H2,16,18)(H,17,20). The Morgan fingerprint density at radius 3 is 2.85 bits per heavy atom. The Hall–Kier alpha value is -2.55. The highest BCUT2D eigenvalue weighted by molar-refractivity contribution is 5.85. The Balaban J connectivity index is 2.54. The van der Waals surface area contributed by atoms with E-state index in [1.165, 1.54) is 0 Å². The predicted molar refractivity (Wildman–Crippen MR) is 76.7 cm³/mol. The molecule has 1 heterocycles. The minimum absolute atomic E-state index is 0.0739. The van der Waals surface area contributed by atoms with Gasteiger partial charge in [0.25, 0.3) is 0 Å². The zero-order chi connectivity index (χ0) is 14.9. The van der Waals surface area contributed by atoms with Gasteiger partial charge in [0, 0.05) is 13.6 Å². The number of rotatable bonds is 3. The summed E-state index contributed by atoms with van der Waals surface area (Å²) in [7, 11) is 1.60. The largest absolute Gasteiger partial charge is 0.369 e. The van der Waals surface area contributed by atoms with Gasteiger partial charge in [0.1, 0.15) is 11.6 Å². The number of carbonyl (C=O) groups is 1. The summed E-state index contributed by atoms with van der Waals surface area (Å²) in [4.78, 5) is 16.1. The van der Waals surface area contributed by atoms with Crippen molar-refractivity contribution in [1.29, 1.82) is 5.26 Å². The molecule has 20 heavy (non-hydrogen) atoms. The molecule has 1 aromatic carbocycles. The molecule has 3 N–H and O–H groups in total. The molecular weight excluding hydrogens is 254 g/mol. The van der Waals surface area contributed by atoms with Crippen LogP contribution in [0, 0.1) is 16.7 Å². The molecule has 0 aliphatic carbocycles. The highest BCUT2D eigenvalue weighted by Crippen LogP contribution is 2.26. The van der Waals surface area contributed by atoms with Crippen molar-refractivity contribution < 1.29 is 4.79 Å². The van der Waals surface area contributed by atoms with Crippen LogP contribution < -0.4 is 11.1 Å². The van der Waals surface area contributed by atoms with Gasteiger partial charge in [0.15, 0.2) is 0 Å². The molecule has 2 aromatic rings. The van der Waals surface area contributed by atoms with E-state index in [9.17, 15) is 4.79 Å². The van der Waals surface area contributed by atoms with E-state index < -0.39 is 5.41 Å². The molecule has 0 fully saturated rings. The van der Waals surface area contributed by atoms with Crippen LogP contribution in [0.3, 0.4) is 0 Å². The lowest BCUT2D eigenvalue weighted by molar-refractivity contribution is -0.129. The molecular formula is C14H17N5O. The van der Waals surface area contributed by atoms with Gasteiger partial charge in [-0.1, -0.05) is 6.07 Å². The molecule has 0 saturated heterocycles. The minimum atomic E-state index is -0.626. The van der Waals surface area contributed by atoms with Crippen LogP contribution in [-0.2, 0) is 11.3 Å². The molecule has 0 aliphatic heterocycles. The van der Waals surface area contributed by atoms with Crippen LogP contribution in [-0.4, -0.2) is 22.5 Å². The fourth-order valence-electron chi connectivity index (χ4n) is 2.23. The van der Waals surface area contributed by atoms with Gasteiger partial charge in [-0.05, 0) is 26.0 Å². The molecule has 0 bridgehead atoms. The normalized spacial score (nSPS) is 11.3. The number of hydrogen-bond acceptors (Lipinski definition) is 4. The first-order valence-corrected chi connectivity index (χ1v) is 6.27. The van der Waals surface area contributed by atoms with Crippen LogP contribution in [0.5, 0.6) is 0 Å². The minimum Gasteiger partial charge on any atom is -0.369 e. The van der Waals surface area contributed by atoms with E-state index in [2.05, 4.69) is 16.4 Å². The molecule has 2 rings (SSSR count). The second-order valence-electron chi connectivity index (χ2n) is 5.30. The van der Waals surface area contributed by atoms with Gasteiger partial charge in [-0.2, -0.15) is 5.26 Å². The van der Waals surface area contributed by atoms with Gasteiger partial charge in [-0.25, -0.2) is 4.98 Å². The summed E-state index contributed by atoms with van der Waals surface area (Å²) < 4.78 is 1.77. The number of amides is 1. The van der Waals surface area contributed by atoms with Crippen molar-refractivity contribution in [2.45, 2.75) is 20.4 Å². The first kappa shape index (κ1) is 13.9. The monoisotopic (exact) mass is 271 g/mol. The van der Waals surface area contributed by atoms with Gasteiger partial charge >= 0.3 is 0 Å². The summed E-state index contributed by atoms with van der Waals surface area (Å²) >= 11 is 0. The fraction of sp³-hybridized carbons (Fsp3) is 0.357. The SMILES string of the molecule is CNC(=O)C(C)(C)Cn1c(N)nc2c(C#N)cccc21. The number of benzene rings is 1. The topological polar surface area (TPSA) is 96.7 Å². The van der Waals surface area contributed by atoms with E-state index in [0.717, 1.165) is 5.52 Å². The Morgan fingerprint density at radius 2 is 2.25 bits per heavy atom. The maximum absolute atomic E-state index is 11.9. The summed E-state index contributed by atoms with van der Waals surface area (Å²) in [6, 6.07) is 7.42. The van der Waals surface area contributed by atoms with Crippen molar-refractivity contribution in [2.75, 3.05) is 12.8 Å². The van der Waals surface area contributed by atoms with Crippen LogP contribution in [0.4, 0.5) is 5.95 Å². The molecule has 0 spiro atoms. The average molecular weight is 271 g/mol. The lowest BCUT2D eigenvalue weighted by Gasteiger charge is -2.23. The highest BCUT2D eigenvalue weighted by Gasteiger charge is 2.29. The van der Waals surface area contributed by atoms with E-state index in [0.29, 0.717) is 23.6 Å². The van der Waals surface area contributed by atoms with E-state index in [1.54, 1.807) is 23.7 Å². The van der Waals surface area contributed by atoms with Crippen LogP contribution >= 0.6 is 0 Å². The van der Waals surface area contributed by atoms with Crippen molar-refractivity contribution in [3.63, 3.8) is 0 Å². The fourth-order valence-corrected chi connectivity index (χ4v) is 2.23. The highest BCUT2D eigenvalue weighted by atomic mass is 16.2. The summed E-state index contributed by atoms with van der Waals surface area (Å²) in [5, 5.41) is 11.7. The number of hydrogen-bond donors (Lipinski definition) is 2. The zero-order valence-electron chi connectivity index (χ0n) is 11.8. The van der Waals surface area contributed by atoms with Gasteiger partial charge in [-0.15, -0.1) is 0 Å². The van der Waals surface area contributed by atoms with Gasteiger partial charge < -0.3 is 15.6 Å². The van der Waals surface area contributed by atoms with Crippen molar-refractivity contribution in [3.05, 3.63) is 23.8 Å². The summed E-state index contributed by atoms with van der Waals surface area (Å²) in [5.41, 5.74) is 7.12. The number of nitrogens with two attached hydrogens (primary N) is 1. The van der Waals surface area contributed by atoms with Crippen molar-refractivity contribution in [2.24, 2.45) is 5.41 Å². The number of fused-ring (bicyclic) bond motifs is 1. The van der Waals surface area contributed by atoms with Gasteiger partial charge in [-0.3, -0.25) is 4.79 Å². The molecule has 1 aromatic heterocycles. The first-order valence-electron chi connectivity index (χ1n) is 6.27. The lowest BCUT2D eigenvalue weighted by Crippen LogP contribution is -2.37. The van der Waals surface area contributed by atoms with Crippen molar-refractivity contribution in [3.8, 4) is 6.07 Å². The van der Waals surface area contributed by atoms with Crippen LogP contribution in [0.2, 0.25) is 0 Å². The van der Waals surface area contributed by atoms with Crippen molar-refractivity contribution >= 4 is 22.9 Å². The number of para-hydroxylation sites is 1. The Labute approximate surface area is 117 Å². The van der Waals surface area contributed by atoms with E-state index in [1.807, 2.05) is 19.9 Å². The van der Waals surface area contributed by atoms with E-state index in [-0.39, 0.29) is 5.91 Å². The third-order valence-corrected chi connectivity index (χ3v) is 3.32. The molecule has 0 unspecified atom stereocenters. The molecule has 0 saturated carbocycles. The van der Waals surface area contributed by atoms with E-state index >= 15 is 0 Å². The van der Waals surface area contributed by atoms with Crippen LogP contribution in [0.15, 0.2) is 18.2 Å². The van der Waals surface area contributed by atoms with Gasteiger partial charge in [0.05, 0.1) is 16.5 Å². The third-order valence-electron chi connectivity index (χ3n) is 3.32. The molecule has 104 valence electrons. The Kier molecular flexibility index (Phi) is 3.36. The molecule has 0 atom stereocenters.